The summed E-state index contributed by atoms with van der Waals surface area (Å²) in [6, 6.07) is 0. The second-order valence-corrected chi connectivity index (χ2v) is 5.24. The molecule has 0 aromatic carbocycles. The summed E-state index contributed by atoms with van der Waals surface area (Å²) in [5.41, 5.74) is 0.0933. The molecule has 110 valence electrons. The third kappa shape index (κ3) is 4.86. The molecule has 1 rings (SSSR count). The fraction of sp³-hybridized carbons (Fsp3) is 0.800. The predicted molar refractivity (Wildman–Crippen MR) is 73.7 cm³/mol. The lowest BCUT2D eigenvalue weighted by Crippen LogP contribution is -2.46. The van der Waals surface area contributed by atoms with E-state index in [1.165, 1.54) is 32.8 Å². The largest absolute Gasteiger partial charge is 0.486 e. The summed E-state index contributed by atoms with van der Waals surface area (Å²) in [5.74, 6) is -0.119. The van der Waals surface area contributed by atoms with Crippen molar-refractivity contribution in [3.63, 3.8) is 0 Å². The number of allylic oxidation sites excluding steroid dienone is 1. The zero-order valence-corrected chi connectivity index (χ0v) is 12.4. The number of esters is 1. The van der Waals surface area contributed by atoms with E-state index in [9.17, 15) is 4.79 Å². The van der Waals surface area contributed by atoms with Crippen molar-refractivity contribution < 1.29 is 19.0 Å². The zero-order chi connectivity index (χ0) is 14.1. The van der Waals surface area contributed by atoms with Crippen LogP contribution in [0.2, 0.25) is 0 Å². The number of methoxy groups -OCH3 is 1. The van der Waals surface area contributed by atoms with Gasteiger partial charge in [-0.2, -0.15) is 0 Å². The highest BCUT2D eigenvalue weighted by Gasteiger charge is 2.39. The number of carbonyl (C=O) groups excluding carboxylic acids is 1. The van der Waals surface area contributed by atoms with Crippen LogP contribution in [0.5, 0.6) is 0 Å². The summed E-state index contributed by atoms with van der Waals surface area (Å²) in [4.78, 5) is 11.4. The maximum absolute atomic E-state index is 11.4. The van der Waals surface area contributed by atoms with Crippen LogP contribution in [0.15, 0.2) is 11.8 Å². The van der Waals surface area contributed by atoms with Gasteiger partial charge in [0.2, 0.25) is 0 Å². The van der Waals surface area contributed by atoms with Gasteiger partial charge in [0.05, 0.1) is 32.3 Å². The van der Waals surface area contributed by atoms with E-state index < -0.39 is 5.97 Å². The highest BCUT2D eigenvalue weighted by atomic mass is 16.6. The molecule has 0 aliphatic carbocycles. The lowest BCUT2D eigenvalue weighted by molar-refractivity contribution is -0.155. The molecule has 1 heterocycles. The monoisotopic (exact) mass is 270 g/mol. The molecule has 4 nitrogen and oxygen atoms in total. The minimum Gasteiger partial charge on any atom is -0.486 e. The fourth-order valence-corrected chi connectivity index (χ4v) is 2.21. The van der Waals surface area contributed by atoms with Crippen molar-refractivity contribution in [3.8, 4) is 0 Å². The third-order valence-corrected chi connectivity index (χ3v) is 3.56. The lowest BCUT2D eigenvalue weighted by atomic mass is 9.81. The summed E-state index contributed by atoms with van der Waals surface area (Å²) in [6.45, 7) is 5.99. The summed E-state index contributed by atoms with van der Waals surface area (Å²) in [7, 11) is 1.36. The van der Waals surface area contributed by atoms with Gasteiger partial charge in [-0.05, 0) is 19.4 Å². The van der Waals surface area contributed by atoms with Crippen molar-refractivity contribution in [3.05, 3.63) is 11.8 Å². The van der Waals surface area contributed by atoms with Gasteiger partial charge in [-0.3, -0.25) is 0 Å². The van der Waals surface area contributed by atoms with Crippen molar-refractivity contribution in [2.75, 3.05) is 26.9 Å². The number of hydrogen-bond donors (Lipinski definition) is 0. The Morgan fingerprint density at radius 2 is 2.05 bits per heavy atom. The highest BCUT2D eigenvalue weighted by Crippen LogP contribution is 2.34. The lowest BCUT2D eigenvalue weighted by Gasteiger charge is -2.41. The molecule has 0 atom stereocenters. The van der Waals surface area contributed by atoms with Crippen molar-refractivity contribution in [1.29, 1.82) is 0 Å². The highest BCUT2D eigenvalue weighted by molar-refractivity contribution is 5.85. The Labute approximate surface area is 116 Å². The fourth-order valence-electron chi connectivity index (χ4n) is 2.21. The number of carbonyl (C=O) groups is 1. The van der Waals surface area contributed by atoms with Crippen molar-refractivity contribution >= 4 is 5.97 Å². The van der Waals surface area contributed by atoms with E-state index in [0.717, 1.165) is 19.6 Å². The molecule has 0 radical (unpaired) electrons. The quantitative estimate of drug-likeness (QED) is 0.279. The first-order valence-electron chi connectivity index (χ1n) is 7.12. The summed E-state index contributed by atoms with van der Waals surface area (Å²) >= 11 is 0. The molecular weight excluding hydrogens is 244 g/mol. The summed E-state index contributed by atoms with van der Waals surface area (Å²) in [5, 5.41) is 0. The van der Waals surface area contributed by atoms with E-state index in [1.54, 1.807) is 13.0 Å². The first kappa shape index (κ1) is 16.0. The molecule has 0 unspecified atom stereocenters. The minimum absolute atomic E-state index is 0.0933. The van der Waals surface area contributed by atoms with Crippen molar-refractivity contribution in [1.82, 2.24) is 0 Å². The second kappa shape index (κ2) is 8.20. The maximum atomic E-state index is 11.4. The molecule has 0 amide bonds. The Morgan fingerprint density at radius 1 is 1.32 bits per heavy atom. The average Bonchev–Trinajstić information content (AvgIpc) is 2.39. The molecule has 1 saturated heterocycles. The molecule has 19 heavy (non-hydrogen) atoms. The standard InChI is InChI=1S/C15H26O4/c1-4-6-7-8-9-15(10-18-11-15)12-19-13(5-2)14(16)17-3/h5H,4,6-12H2,1-3H3. The van der Waals surface area contributed by atoms with Crippen LogP contribution in [-0.4, -0.2) is 32.9 Å². The van der Waals surface area contributed by atoms with E-state index >= 15 is 0 Å². The van der Waals surface area contributed by atoms with Crippen molar-refractivity contribution in [2.45, 2.75) is 46.0 Å². The van der Waals surface area contributed by atoms with Gasteiger partial charge in [-0.1, -0.05) is 32.6 Å². The number of ether oxygens (including phenoxy) is 3. The van der Waals surface area contributed by atoms with Gasteiger partial charge in [-0.25, -0.2) is 4.79 Å². The third-order valence-electron chi connectivity index (χ3n) is 3.56. The van der Waals surface area contributed by atoms with Crippen LogP contribution in [0.3, 0.4) is 0 Å². The van der Waals surface area contributed by atoms with Crippen molar-refractivity contribution in [2.24, 2.45) is 5.41 Å². The van der Waals surface area contributed by atoms with Gasteiger partial charge < -0.3 is 14.2 Å². The molecule has 0 aromatic rings. The Balaban J connectivity index is 2.37. The van der Waals surface area contributed by atoms with Crippen LogP contribution >= 0.6 is 0 Å². The van der Waals surface area contributed by atoms with Gasteiger partial charge in [0.15, 0.2) is 5.76 Å². The summed E-state index contributed by atoms with van der Waals surface area (Å²) < 4.78 is 15.6. The molecule has 1 aliphatic rings. The molecular formula is C15H26O4. The predicted octanol–water partition coefficient (Wildman–Crippen LogP) is 3.07. The molecule has 4 heteroatoms. The Hall–Kier alpha value is -1.03. The van der Waals surface area contributed by atoms with Gasteiger partial charge in [-0.15, -0.1) is 0 Å². The van der Waals surface area contributed by atoms with E-state index in [-0.39, 0.29) is 5.41 Å². The first-order valence-corrected chi connectivity index (χ1v) is 7.12. The molecule has 0 spiro atoms. The van der Waals surface area contributed by atoms with E-state index in [2.05, 4.69) is 11.7 Å². The van der Waals surface area contributed by atoms with Crippen LogP contribution in [0.25, 0.3) is 0 Å². The molecule has 0 N–H and O–H groups in total. The molecule has 0 aromatic heterocycles. The topological polar surface area (TPSA) is 44.8 Å². The number of rotatable bonds is 9. The Kier molecular flexibility index (Phi) is 6.92. The van der Waals surface area contributed by atoms with Crippen LogP contribution in [0.4, 0.5) is 0 Å². The van der Waals surface area contributed by atoms with E-state index in [0.29, 0.717) is 12.4 Å². The van der Waals surface area contributed by atoms with Gasteiger partial charge >= 0.3 is 5.97 Å². The minimum atomic E-state index is -0.413. The number of hydrogen-bond acceptors (Lipinski definition) is 4. The maximum Gasteiger partial charge on any atom is 0.372 e. The Bertz CT molecular complexity index is 305. The molecule has 1 aliphatic heterocycles. The molecule has 0 saturated carbocycles. The van der Waals surface area contributed by atoms with Crippen LogP contribution in [0.1, 0.15) is 46.0 Å². The van der Waals surface area contributed by atoms with E-state index in [4.69, 9.17) is 9.47 Å². The normalized spacial score (nSPS) is 17.7. The van der Waals surface area contributed by atoms with Crippen LogP contribution in [0, 0.1) is 5.41 Å². The van der Waals surface area contributed by atoms with Crippen LogP contribution in [-0.2, 0) is 19.0 Å². The summed E-state index contributed by atoms with van der Waals surface area (Å²) in [6.07, 6.45) is 7.72. The second-order valence-electron chi connectivity index (χ2n) is 5.24. The molecule has 1 fully saturated rings. The average molecular weight is 270 g/mol. The van der Waals surface area contributed by atoms with Crippen LogP contribution < -0.4 is 0 Å². The van der Waals surface area contributed by atoms with E-state index in [1.807, 2.05) is 0 Å². The number of unbranched alkanes of at least 4 members (excludes halogenated alkanes) is 3. The zero-order valence-electron chi connectivity index (χ0n) is 12.4. The van der Waals surface area contributed by atoms with Gasteiger partial charge in [0, 0.05) is 0 Å². The SMILES string of the molecule is CC=C(OCC1(CCCCCC)COC1)C(=O)OC. The molecule has 0 bridgehead atoms. The van der Waals surface area contributed by atoms with Gasteiger partial charge in [0.25, 0.3) is 0 Å². The first-order chi connectivity index (χ1) is 9.17. The Morgan fingerprint density at radius 3 is 2.53 bits per heavy atom. The van der Waals surface area contributed by atoms with Gasteiger partial charge in [0.1, 0.15) is 0 Å². The smallest absolute Gasteiger partial charge is 0.372 e.